The zero-order chi connectivity index (χ0) is 24.6. The summed E-state index contributed by atoms with van der Waals surface area (Å²) in [6, 6.07) is 10.5. The van der Waals surface area contributed by atoms with E-state index in [4.69, 9.17) is 14.8 Å². The summed E-state index contributed by atoms with van der Waals surface area (Å²) in [7, 11) is 0. The van der Waals surface area contributed by atoms with Crippen molar-refractivity contribution in [2.45, 2.75) is 45.4 Å². The van der Waals surface area contributed by atoms with Gasteiger partial charge in [-0.15, -0.1) is 11.3 Å². The molecule has 2 N–H and O–H groups in total. The first-order valence-electron chi connectivity index (χ1n) is 10.7. The lowest BCUT2D eigenvalue weighted by Gasteiger charge is -2.16. The van der Waals surface area contributed by atoms with Gasteiger partial charge in [-0.3, -0.25) is 4.79 Å². The number of carboxylic acids is 1. The number of hydrogen-bond donors (Lipinski definition) is 2. The Labute approximate surface area is 198 Å². The van der Waals surface area contributed by atoms with Crippen LogP contribution in [0.1, 0.15) is 54.5 Å². The number of ether oxygens (including phenoxy) is 1. The van der Waals surface area contributed by atoms with E-state index in [1.165, 1.54) is 23.5 Å². The number of carboxylic acid groups (broad SMARTS) is 1. The quantitative estimate of drug-likeness (QED) is 0.288. The van der Waals surface area contributed by atoms with E-state index in [1.54, 1.807) is 6.20 Å². The Kier molecular flexibility index (Phi) is 6.40. The van der Waals surface area contributed by atoms with Gasteiger partial charge < -0.3 is 14.8 Å². The molecule has 0 radical (unpaired) electrons. The fourth-order valence-electron chi connectivity index (χ4n) is 3.77. The number of benzene rings is 2. The van der Waals surface area contributed by atoms with E-state index in [0.717, 1.165) is 33.6 Å². The minimum Gasteiger partial charge on any atom is -0.485 e. The van der Waals surface area contributed by atoms with Crippen LogP contribution in [0.15, 0.2) is 48.7 Å². The number of aromatic nitrogens is 2. The standard InChI is InChI=1S/C25H23F3N2O3S/c1-13(2)22-23(34-24(30-22)15-4-6-17(7-5-15)25(26,27)28)14(3)33-18-8-9-20-19(11-18)16(12-29-20)10-21(31)32/h4-9,11-14,29H,10H2,1-3H3,(H,31,32). The molecule has 2 heterocycles. The third kappa shape index (κ3) is 4.94. The number of rotatable bonds is 7. The Balaban J connectivity index is 1.62. The molecule has 2 aromatic heterocycles. The Bertz CT molecular complexity index is 1320. The summed E-state index contributed by atoms with van der Waals surface area (Å²) in [6.45, 7) is 5.91. The lowest BCUT2D eigenvalue weighted by Crippen LogP contribution is -2.05. The van der Waals surface area contributed by atoms with E-state index in [0.29, 0.717) is 21.9 Å². The van der Waals surface area contributed by atoms with Gasteiger partial charge in [-0.1, -0.05) is 26.0 Å². The molecule has 0 aliphatic heterocycles. The molecule has 178 valence electrons. The fourth-order valence-corrected chi connectivity index (χ4v) is 4.98. The molecule has 0 fully saturated rings. The predicted octanol–water partition coefficient (Wildman–Crippen LogP) is 7.20. The minimum absolute atomic E-state index is 0.0924. The van der Waals surface area contributed by atoms with Crippen LogP contribution in [-0.4, -0.2) is 21.0 Å². The van der Waals surface area contributed by atoms with Gasteiger partial charge in [-0.25, -0.2) is 4.98 Å². The minimum atomic E-state index is -4.39. The number of hydrogen-bond acceptors (Lipinski definition) is 4. The van der Waals surface area contributed by atoms with Gasteiger partial charge in [0.15, 0.2) is 0 Å². The summed E-state index contributed by atoms with van der Waals surface area (Å²) in [5, 5.41) is 10.6. The predicted molar refractivity (Wildman–Crippen MR) is 125 cm³/mol. The van der Waals surface area contributed by atoms with Gasteiger partial charge in [-0.2, -0.15) is 13.2 Å². The number of nitrogens with one attached hydrogen (secondary N) is 1. The van der Waals surface area contributed by atoms with Gasteiger partial charge in [0.25, 0.3) is 0 Å². The van der Waals surface area contributed by atoms with E-state index < -0.39 is 17.7 Å². The van der Waals surface area contributed by atoms with Crippen molar-refractivity contribution in [3.8, 4) is 16.3 Å². The third-order valence-corrected chi connectivity index (χ3v) is 6.73. The van der Waals surface area contributed by atoms with Crippen molar-refractivity contribution < 1.29 is 27.8 Å². The van der Waals surface area contributed by atoms with Crippen LogP contribution < -0.4 is 4.74 Å². The van der Waals surface area contributed by atoms with E-state index in [9.17, 15) is 18.0 Å². The van der Waals surface area contributed by atoms with Gasteiger partial charge in [0.05, 0.1) is 22.6 Å². The highest BCUT2D eigenvalue weighted by Gasteiger charge is 2.30. The van der Waals surface area contributed by atoms with Crippen molar-refractivity contribution in [2.24, 2.45) is 0 Å². The summed E-state index contributed by atoms with van der Waals surface area (Å²) in [6.07, 6.45) is -3.16. The molecule has 0 aliphatic rings. The van der Waals surface area contributed by atoms with Crippen LogP contribution in [0.4, 0.5) is 13.2 Å². The van der Waals surface area contributed by atoms with Crippen LogP contribution in [0.3, 0.4) is 0 Å². The maximum Gasteiger partial charge on any atom is 0.416 e. The average molecular weight is 489 g/mol. The smallest absolute Gasteiger partial charge is 0.416 e. The first kappa shape index (κ1) is 23.8. The zero-order valence-electron chi connectivity index (χ0n) is 18.7. The Morgan fingerprint density at radius 3 is 2.47 bits per heavy atom. The topological polar surface area (TPSA) is 75.2 Å². The van der Waals surface area contributed by atoms with Crippen LogP contribution in [-0.2, 0) is 17.4 Å². The van der Waals surface area contributed by atoms with Gasteiger partial charge in [0, 0.05) is 22.7 Å². The largest absolute Gasteiger partial charge is 0.485 e. The van der Waals surface area contributed by atoms with E-state index in [-0.39, 0.29) is 18.4 Å². The average Bonchev–Trinajstić information content (AvgIpc) is 3.38. The number of aromatic amines is 1. The van der Waals surface area contributed by atoms with Crippen molar-refractivity contribution in [1.82, 2.24) is 9.97 Å². The second-order valence-electron chi connectivity index (χ2n) is 8.35. The molecule has 2 aromatic carbocycles. The molecular formula is C25H23F3N2O3S. The summed E-state index contributed by atoms with van der Waals surface area (Å²) in [4.78, 5) is 19.8. The first-order chi connectivity index (χ1) is 16.0. The highest BCUT2D eigenvalue weighted by atomic mass is 32.1. The number of thiazole rings is 1. The molecular weight excluding hydrogens is 465 g/mol. The van der Waals surface area contributed by atoms with Gasteiger partial charge in [0.1, 0.15) is 16.9 Å². The van der Waals surface area contributed by atoms with Crippen molar-refractivity contribution in [3.63, 3.8) is 0 Å². The summed E-state index contributed by atoms with van der Waals surface area (Å²) < 4.78 is 44.9. The Hall–Kier alpha value is -3.33. The molecule has 0 aliphatic carbocycles. The van der Waals surface area contributed by atoms with E-state index in [2.05, 4.69) is 4.98 Å². The van der Waals surface area contributed by atoms with Crippen molar-refractivity contribution in [1.29, 1.82) is 0 Å². The third-order valence-electron chi connectivity index (χ3n) is 5.45. The Morgan fingerprint density at radius 1 is 1.15 bits per heavy atom. The second-order valence-corrected chi connectivity index (χ2v) is 9.38. The van der Waals surface area contributed by atoms with Crippen molar-refractivity contribution in [3.05, 3.63) is 70.4 Å². The normalized spacial score (nSPS) is 12.9. The van der Waals surface area contributed by atoms with Crippen LogP contribution in [0.25, 0.3) is 21.5 Å². The van der Waals surface area contributed by atoms with Crippen LogP contribution >= 0.6 is 11.3 Å². The molecule has 34 heavy (non-hydrogen) atoms. The number of H-pyrrole nitrogens is 1. The number of fused-ring (bicyclic) bond motifs is 1. The molecule has 0 saturated carbocycles. The van der Waals surface area contributed by atoms with Crippen LogP contribution in [0, 0.1) is 0 Å². The van der Waals surface area contributed by atoms with Gasteiger partial charge in [-0.05, 0) is 48.7 Å². The lowest BCUT2D eigenvalue weighted by molar-refractivity contribution is -0.138. The molecule has 0 spiro atoms. The molecule has 0 amide bonds. The molecule has 4 rings (SSSR count). The van der Waals surface area contributed by atoms with Crippen LogP contribution in [0.2, 0.25) is 0 Å². The molecule has 9 heteroatoms. The lowest BCUT2D eigenvalue weighted by atomic mass is 10.1. The highest BCUT2D eigenvalue weighted by molar-refractivity contribution is 7.15. The van der Waals surface area contributed by atoms with E-state index in [1.807, 2.05) is 39.0 Å². The number of nitrogens with zero attached hydrogens (tertiary/aromatic N) is 1. The summed E-state index contributed by atoms with van der Waals surface area (Å²) >= 11 is 1.40. The molecule has 5 nitrogen and oxygen atoms in total. The number of aliphatic carboxylic acids is 1. The monoisotopic (exact) mass is 488 g/mol. The number of carbonyl (C=O) groups is 1. The van der Waals surface area contributed by atoms with E-state index >= 15 is 0 Å². The first-order valence-corrected chi connectivity index (χ1v) is 11.5. The summed E-state index contributed by atoms with van der Waals surface area (Å²) in [5.74, 6) is -0.233. The SMILES string of the molecule is CC(C)c1nc(-c2ccc(C(F)(F)F)cc2)sc1C(C)Oc1ccc2[nH]cc(CC(=O)O)c2c1. The summed E-state index contributed by atoms with van der Waals surface area (Å²) in [5.41, 5.74) is 2.25. The van der Waals surface area contributed by atoms with Crippen molar-refractivity contribution in [2.75, 3.05) is 0 Å². The van der Waals surface area contributed by atoms with Crippen LogP contribution in [0.5, 0.6) is 5.75 Å². The molecule has 0 saturated heterocycles. The zero-order valence-corrected chi connectivity index (χ0v) is 19.6. The molecule has 1 unspecified atom stereocenters. The molecule has 4 aromatic rings. The maximum atomic E-state index is 12.9. The van der Waals surface area contributed by atoms with Gasteiger partial charge in [0.2, 0.25) is 0 Å². The van der Waals surface area contributed by atoms with Crippen molar-refractivity contribution >= 4 is 28.2 Å². The fraction of sp³-hybridized carbons (Fsp3) is 0.280. The van der Waals surface area contributed by atoms with Gasteiger partial charge >= 0.3 is 12.1 Å². The maximum absolute atomic E-state index is 12.9. The molecule has 1 atom stereocenters. The highest BCUT2D eigenvalue weighted by Crippen LogP contribution is 2.39. The number of halogens is 3. The Morgan fingerprint density at radius 2 is 1.85 bits per heavy atom. The molecule has 0 bridgehead atoms. The second kappa shape index (κ2) is 9.13. The number of alkyl halides is 3.